The highest BCUT2D eigenvalue weighted by molar-refractivity contribution is 6.05. The lowest BCUT2D eigenvalue weighted by atomic mass is 10.1. The number of nitrogens with zero attached hydrogens (tertiary/aromatic N) is 3. The van der Waals surface area contributed by atoms with E-state index < -0.39 is 10.8 Å². The van der Waals surface area contributed by atoms with E-state index in [2.05, 4.69) is 37.4 Å². The minimum absolute atomic E-state index is 0.0424. The van der Waals surface area contributed by atoms with E-state index in [0.717, 1.165) is 17.7 Å². The monoisotopic (exact) mass is 472 g/mol. The standard InChI is InChI=1S/C27H28N4O4/c1-18-13-19(2)15-21(14-18)17-29-11-4-12-30(27(29)33)24-9-7-23(8-10-24)28-26(32)22-6-5-20(3)25(16-22)31(34)35/h5-10,13-16H,4,11-12,17H2,1-3H3,(H,28,32). The Labute approximate surface area is 204 Å². The van der Waals surface area contributed by atoms with Gasteiger partial charge in [-0.15, -0.1) is 0 Å². The van der Waals surface area contributed by atoms with Crippen LogP contribution in [-0.2, 0) is 6.54 Å². The molecule has 0 aliphatic carbocycles. The number of nitro benzene ring substituents is 1. The molecular formula is C27H28N4O4. The highest BCUT2D eigenvalue weighted by Crippen LogP contribution is 2.25. The van der Waals surface area contributed by atoms with Crippen LogP contribution in [0, 0.1) is 30.9 Å². The SMILES string of the molecule is Cc1cc(C)cc(CN2CCCN(c3ccc(NC(=O)c4ccc(C)c([N+](=O)[O-])c4)cc3)C2=O)c1. The molecule has 0 saturated carbocycles. The molecule has 1 aliphatic rings. The number of hydrogen-bond donors (Lipinski definition) is 1. The summed E-state index contributed by atoms with van der Waals surface area (Å²) in [7, 11) is 0. The van der Waals surface area contributed by atoms with Crippen molar-refractivity contribution in [3.8, 4) is 0 Å². The predicted octanol–water partition coefficient (Wildman–Crippen LogP) is 5.60. The second-order valence-electron chi connectivity index (χ2n) is 8.96. The number of carbonyl (C=O) groups is 2. The van der Waals surface area contributed by atoms with E-state index in [1.54, 1.807) is 48.2 Å². The van der Waals surface area contributed by atoms with Crippen molar-refractivity contribution in [1.29, 1.82) is 0 Å². The summed E-state index contributed by atoms with van der Waals surface area (Å²) in [6.07, 6.45) is 0.862. The highest BCUT2D eigenvalue weighted by Gasteiger charge is 2.27. The van der Waals surface area contributed by atoms with Crippen molar-refractivity contribution >= 4 is 29.0 Å². The first-order valence-electron chi connectivity index (χ1n) is 11.5. The molecule has 0 radical (unpaired) electrons. The number of benzene rings is 3. The van der Waals surface area contributed by atoms with Crippen LogP contribution < -0.4 is 10.2 Å². The summed E-state index contributed by atoms with van der Waals surface area (Å²) in [4.78, 5) is 40.1. The lowest BCUT2D eigenvalue weighted by Gasteiger charge is -2.36. The van der Waals surface area contributed by atoms with Crippen molar-refractivity contribution in [3.63, 3.8) is 0 Å². The zero-order valence-corrected chi connectivity index (χ0v) is 20.1. The summed E-state index contributed by atoms with van der Waals surface area (Å²) in [6.45, 7) is 7.64. The maximum absolute atomic E-state index is 13.2. The molecule has 1 N–H and O–H groups in total. The molecule has 4 rings (SSSR count). The number of nitrogens with one attached hydrogen (secondary N) is 1. The predicted molar refractivity (Wildman–Crippen MR) is 136 cm³/mol. The van der Waals surface area contributed by atoms with Gasteiger partial charge in [-0.25, -0.2) is 4.79 Å². The number of hydrogen-bond acceptors (Lipinski definition) is 4. The van der Waals surface area contributed by atoms with Crippen LogP contribution in [-0.4, -0.2) is 34.9 Å². The van der Waals surface area contributed by atoms with Crippen LogP contribution in [0.25, 0.3) is 0 Å². The van der Waals surface area contributed by atoms with Gasteiger partial charge in [0.25, 0.3) is 11.6 Å². The van der Waals surface area contributed by atoms with Gasteiger partial charge in [0.2, 0.25) is 0 Å². The van der Waals surface area contributed by atoms with Gasteiger partial charge in [-0.1, -0.05) is 35.4 Å². The minimum Gasteiger partial charge on any atom is -0.322 e. The van der Waals surface area contributed by atoms with E-state index in [4.69, 9.17) is 0 Å². The Morgan fingerprint density at radius 3 is 2.31 bits per heavy atom. The quantitative estimate of drug-likeness (QED) is 0.373. The summed E-state index contributed by atoms with van der Waals surface area (Å²) in [5.74, 6) is -0.436. The van der Waals surface area contributed by atoms with Gasteiger partial charge >= 0.3 is 6.03 Å². The van der Waals surface area contributed by atoms with Crippen molar-refractivity contribution in [2.75, 3.05) is 23.3 Å². The lowest BCUT2D eigenvalue weighted by molar-refractivity contribution is -0.385. The Kier molecular flexibility index (Phi) is 6.82. The maximum atomic E-state index is 13.2. The van der Waals surface area contributed by atoms with E-state index >= 15 is 0 Å². The summed E-state index contributed by atoms with van der Waals surface area (Å²) >= 11 is 0. The van der Waals surface area contributed by atoms with E-state index in [0.29, 0.717) is 30.9 Å². The normalized spacial score (nSPS) is 13.6. The smallest absolute Gasteiger partial charge is 0.322 e. The molecule has 0 atom stereocenters. The number of aryl methyl sites for hydroxylation is 3. The molecule has 0 unspecified atom stereocenters. The third-order valence-electron chi connectivity index (χ3n) is 6.07. The molecule has 3 amide bonds. The Hall–Kier alpha value is -4.20. The van der Waals surface area contributed by atoms with Crippen LogP contribution in [0.2, 0.25) is 0 Å². The first-order chi connectivity index (χ1) is 16.7. The Morgan fingerprint density at radius 2 is 1.66 bits per heavy atom. The highest BCUT2D eigenvalue weighted by atomic mass is 16.6. The van der Waals surface area contributed by atoms with Gasteiger partial charge in [0.1, 0.15) is 0 Å². The summed E-state index contributed by atoms with van der Waals surface area (Å²) in [5.41, 5.74) is 5.38. The molecule has 35 heavy (non-hydrogen) atoms. The molecule has 8 nitrogen and oxygen atoms in total. The molecular weight excluding hydrogens is 444 g/mol. The van der Waals surface area contributed by atoms with Crippen LogP contribution in [0.4, 0.5) is 21.9 Å². The minimum atomic E-state index is -0.500. The molecule has 180 valence electrons. The van der Waals surface area contributed by atoms with E-state index in [-0.39, 0.29) is 17.3 Å². The number of amides is 3. The lowest BCUT2D eigenvalue weighted by Crippen LogP contribution is -2.49. The zero-order chi connectivity index (χ0) is 25.1. The van der Waals surface area contributed by atoms with Crippen molar-refractivity contribution in [2.24, 2.45) is 0 Å². The third-order valence-corrected chi connectivity index (χ3v) is 6.07. The van der Waals surface area contributed by atoms with Gasteiger partial charge in [0.15, 0.2) is 0 Å². The second kappa shape index (κ2) is 9.97. The van der Waals surface area contributed by atoms with Crippen LogP contribution in [0.5, 0.6) is 0 Å². The van der Waals surface area contributed by atoms with Crippen molar-refractivity contribution < 1.29 is 14.5 Å². The summed E-state index contributed by atoms with van der Waals surface area (Å²) in [6, 6.07) is 17.7. The molecule has 0 bridgehead atoms. The number of urea groups is 1. The first kappa shape index (κ1) is 23.9. The molecule has 3 aromatic rings. The molecule has 1 fully saturated rings. The fourth-order valence-corrected chi connectivity index (χ4v) is 4.42. The largest absolute Gasteiger partial charge is 0.324 e. The van der Waals surface area contributed by atoms with Gasteiger partial charge in [-0.2, -0.15) is 0 Å². The maximum Gasteiger partial charge on any atom is 0.324 e. The fraction of sp³-hybridized carbons (Fsp3) is 0.259. The Balaban J connectivity index is 1.44. The number of rotatable bonds is 6. The van der Waals surface area contributed by atoms with Gasteiger partial charge in [-0.05, 0) is 63.1 Å². The summed E-state index contributed by atoms with van der Waals surface area (Å²) in [5, 5.41) is 13.9. The van der Waals surface area contributed by atoms with E-state index in [1.807, 2.05) is 4.90 Å². The van der Waals surface area contributed by atoms with Crippen LogP contribution in [0.15, 0.2) is 60.7 Å². The zero-order valence-electron chi connectivity index (χ0n) is 20.1. The van der Waals surface area contributed by atoms with Gasteiger partial charge in [0, 0.05) is 48.2 Å². The molecule has 1 heterocycles. The van der Waals surface area contributed by atoms with E-state index in [1.165, 1.54) is 17.2 Å². The first-order valence-corrected chi connectivity index (χ1v) is 11.5. The molecule has 1 saturated heterocycles. The van der Waals surface area contributed by atoms with Crippen LogP contribution >= 0.6 is 0 Å². The fourth-order valence-electron chi connectivity index (χ4n) is 4.42. The second-order valence-corrected chi connectivity index (χ2v) is 8.96. The molecule has 8 heteroatoms. The van der Waals surface area contributed by atoms with Gasteiger partial charge < -0.3 is 10.2 Å². The molecule has 0 spiro atoms. The Morgan fingerprint density at radius 1 is 0.971 bits per heavy atom. The summed E-state index contributed by atoms with van der Waals surface area (Å²) < 4.78 is 0. The van der Waals surface area contributed by atoms with Gasteiger partial charge in [0.05, 0.1) is 4.92 Å². The number of carbonyl (C=O) groups excluding carboxylic acids is 2. The van der Waals surface area contributed by atoms with Crippen molar-refractivity contribution in [3.05, 3.63) is 98.6 Å². The van der Waals surface area contributed by atoms with Crippen molar-refractivity contribution in [1.82, 2.24) is 4.90 Å². The third kappa shape index (κ3) is 5.48. The van der Waals surface area contributed by atoms with Crippen molar-refractivity contribution in [2.45, 2.75) is 33.7 Å². The molecule has 3 aromatic carbocycles. The average Bonchev–Trinajstić information content (AvgIpc) is 2.80. The van der Waals surface area contributed by atoms with Crippen LogP contribution in [0.3, 0.4) is 0 Å². The van der Waals surface area contributed by atoms with Crippen LogP contribution in [0.1, 0.15) is 39.0 Å². The Bertz CT molecular complexity index is 1270. The van der Waals surface area contributed by atoms with E-state index in [9.17, 15) is 19.7 Å². The molecule has 0 aromatic heterocycles. The number of nitro groups is 1. The number of anilines is 2. The molecule has 1 aliphatic heterocycles. The average molecular weight is 473 g/mol. The topological polar surface area (TPSA) is 95.8 Å². The van der Waals surface area contributed by atoms with Gasteiger partial charge in [-0.3, -0.25) is 19.8 Å².